The van der Waals surface area contributed by atoms with Gasteiger partial charge in [-0.05, 0) is 29.7 Å². The summed E-state index contributed by atoms with van der Waals surface area (Å²) in [6.07, 6.45) is 8.19. The van der Waals surface area contributed by atoms with Crippen molar-refractivity contribution >= 4 is 27.6 Å². The zero-order valence-electron chi connectivity index (χ0n) is 17.5. The second-order valence-corrected chi connectivity index (χ2v) is 8.76. The molecule has 2 aromatic carbocycles. The zero-order valence-corrected chi connectivity index (χ0v) is 17.5. The Balaban J connectivity index is 1.32. The van der Waals surface area contributed by atoms with Gasteiger partial charge in [-0.15, -0.1) is 0 Å². The molecule has 2 heterocycles. The summed E-state index contributed by atoms with van der Waals surface area (Å²) >= 11 is 0. The number of carbonyl (C=O) groups excluding carboxylic acids is 1. The maximum absolute atomic E-state index is 13.0. The number of morpholine rings is 1. The largest absolute Gasteiger partial charge is 0.464 e. The first-order chi connectivity index (χ1) is 14.8. The molecule has 30 heavy (non-hydrogen) atoms. The van der Waals surface area contributed by atoms with Gasteiger partial charge in [0.1, 0.15) is 5.58 Å². The van der Waals surface area contributed by atoms with E-state index in [9.17, 15) is 4.79 Å². The van der Waals surface area contributed by atoms with Gasteiger partial charge in [0.15, 0.2) is 0 Å². The van der Waals surface area contributed by atoms with E-state index in [1.165, 1.54) is 24.6 Å². The van der Waals surface area contributed by atoms with Crippen molar-refractivity contribution in [1.82, 2.24) is 10.2 Å². The lowest BCUT2D eigenvalue weighted by Gasteiger charge is -2.48. The van der Waals surface area contributed by atoms with Crippen LogP contribution in [0.2, 0.25) is 0 Å². The highest BCUT2D eigenvalue weighted by molar-refractivity contribution is 6.08. The third kappa shape index (κ3) is 3.72. The zero-order chi connectivity index (χ0) is 20.4. The van der Waals surface area contributed by atoms with E-state index < -0.39 is 0 Å². The third-order valence-electron chi connectivity index (χ3n) is 6.97. The average Bonchev–Trinajstić information content (AvgIpc) is 3.22. The van der Waals surface area contributed by atoms with Crippen molar-refractivity contribution in [2.75, 3.05) is 32.8 Å². The molecule has 1 saturated heterocycles. The Labute approximate surface area is 177 Å². The van der Waals surface area contributed by atoms with Crippen LogP contribution in [-0.2, 0) is 16.0 Å². The fourth-order valence-corrected chi connectivity index (χ4v) is 5.36. The lowest BCUT2D eigenvalue weighted by Crippen LogP contribution is -2.59. The summed E-state index contributed by atoms with van der Waals surface area (Å²) in [5.41, 5.74) is 1.89. The third-order valence-corrected chi connectivity index (χ3v) is 6.97. The van der Waals surface area contributed by atoms with Crippen molar-refractivity contribution < 1.29 is 13.9 Å². The molecule has 1 saturated carbocycles. The molecule has 5 heteroatoms. The fourth-order valence-electron chi connectivity index (χ4n) is 5.36. The number of carbonyl (C=O) groups is 1. The van der Waals surface area contributed by atoms with Crippen molar-refractivity contribution in [3.8, 4) is 0 Å². The van der Waals surface area contributed by atoms with Crippen LogP contribution in [0.4, 0.5) is 0 Å². The van der Waals surface area contributed by atoms with E-state index >= 15 is 0 Å². The molecular weight excluding hydrogens is 376 g/mol. The molecule has 2 aliphatic rings. The topological polar surface area (TPSA) is 54.7 Å². The van der Waals surface area contributed by atoms with Crippen molar-refractivity contribution in [1.29, 1.82) is 0 Å². The van der Waals surface area contributed by atoms with E-state index in [-0.39, 0.29) is 11.4 Å². The van der Waals surface area contributed by atoms with Crippen molar-refractivity contribution in [3.63, 3.8) is 0 Å². The van der Waals surface area contributed by atoms with E-state index in [1.54, 1.807) is 6.26 Å². The molecule has 0 spiro atoms. The fraction of sp³-hybridized carbons (Fsp3) is 0.480. The van der Waals surface area contributed by atoms with Crippen molar-refractivity contribution in [2.24, 2.45) is 0 Å². The maximum atomic E-state index is 13.0. The minimum absolute atomic E-state index is 0.0730. The lowest BCUT2D eigenvalue weighted by atomic mass is 9.79. The highest BCUT2D eigenvalue weighted by Crippen LogP contribution is 2.34. The first-order valence-corrected chi connectivity index (χ1v) is 11.2. The van der Waals surface area contributed by atoms with Crippen LogP contribution in [0.25, 0.3) is 21.7 Å². The van der Waals surface area contributed by atoms with Gasteiger partial charge in [0.05, 0.1) is 25.9 Å². The van der Waals surface area contributed by atoms with Crippen LogP contribution in [0.15, 0.2) is 47.1 Å². The molecule has 5 rings (SSSR count). The molecule has 2 fully saturated rings. The van der Waals surface area contributed by atoms with E-state index in [2.05, 4.69) is 28.4 Å². The second kappa shape index (κ2) is 8.40. The first kappa shape index (κ1) is 19.6. The van der Waals surface area contributed by atoms with E-state index in [1.807, 2.05) is 18.2 Å². The number of hydrogen-bond donors (Lipinski definition) is 1. The molecule has 0 unspecified atom stereocenters. The summed E-state index contributed by atoms with van der Waals surface area (Å²) in [5.74, 6) is 0.0730. The van der Waals surface area contributed by atoms with Crippen molar-refractivity contribution in [2.45, 2.75) is 44.1 Å². The number of furan rings is 1. The van der Waals surface area contributed by atoms with Crippen LogP contribution in [0, 0.1) is 0 Å². The molecule has 1 aliphatic carbocycles. The molecule has 1 N–H and O–H groups in total. The Hall–Kier alpha value is -2.37. The maximum Gasteiger partial charge on any atom is 0.224 e. The van der Waals surface area contributed by atoms with Crippen LogP contribution < -0.4 is 5.32 Å². The number of ether oxygens (including phenoxy) is 1. The molecule has 1 aromatic heterocycles. The van der Waals surface area contributed by atoms with Crippen LogP contribution in [0.5, 0.6) is 0 Å². The van der Waals surface area contributed by atoms with Gasteiger partial charge >= 0.3 is 0 Å². The number of nitrogens with one attached hydrogen (secondary N) is 1. The van der Waals surface area contributed by atoms with Crippen LogP contribution in [0.3, 0.4) is 0 Å². The summed E-state index contributed by atoms with van der Waals surface area (Å²) in [5, 5.41) is 6.65. The molecule has 0 radical (unpaired) electrons. The van der Waals surface area contributed by atoms with Crippen molar-refractivity contribution in [3.05, 3.63) is 48.2 Å². The average molecular weight is 407 g/mol. The Bertz CT molecular complexity index is 1030. The second-order valence-electron chi connectivity index (χ2n) is 8.76. The minimum atomic E-state index is 0.0730. The molecule has 1 amide bonds. The molecule has 5 nitrogen and oxygen atoms in total. The minimum Gasteiger partial charge on any atom is -0.464 e. The van der Waals surface area contributed by atoms with E-state index in [0.29, 0.717) is 6.42 Å². The molecule has 0 bridgehead atoms. The van der Waals surface area contributed by atoms with Gasteiger partial charge < -0.3 is 14.5 Å². The monoisotopic (exact) mass is 406 g/mol. The number of rotatable bonds is 5. The first-order valence-electron chi connectivity index (χ1n) is 11.2. The van der Waals surface area contributed by atoms with E-state index in [4.69, 9.17) is 9.15 Å². The predicted octanol–water partition coefficient (Wildman–Crippen LogP) is 4.28. The highest BCUT2D eigenvalue weighted by atomic mass is 16.5. The lowest BCUT2D eigenvalue weighted by molar-refractivity contribution is -0.121. The van der Waals surface area contributed by atoms with Gasteiger partial charge in [-0.1, -0.05) is 49.6 Å². The van der Waals surface area contributed by atoms with Gasteiger partial charge in [0.2, 0.25) is 5.91 Å². The van der Waals surface area contributed by atoms with Gasteiger partial charge in [0, 0.05) is 36.1 Å². The predicted molar refractivity (Wildman–Crippen MR) is 119 cm³/mol. The number of hydrogen-bond acceptors (Lipinski definition) is 4. The molecule has 0 atom stereocenters. The van der Waals surface area contributed by atoms with Gasteiger partial charge in [-0.25, -0.2) is 0 Å². The summed E-state index contributed by atoms with van der Waals surface area (Å²) < 4.78 is 11.3. The Morgan fingerprint density at radius 3 is 2.67 bits per heavy atom. The number of amides is 1. The number of benzene rings is 2. The van der Waals surface area contributed by atoms with Gasteiger partial charge in [0.25, 0.3) is 0 Å². The highest BCUT2D eigenvalue weighted by Gasteiger charge is 2.38. The van der Waals surface area contributed by atoms with Gasteiger partial charge in [-0.3, -0.25) is 9.69 Å². The molecule has 3 aromatic rings. The Morgan fingerprint density at radius 1 is 1.03 bits per heavy atom. The number of nitrogens with zero attached hydrogens (tertiary/aromatic N) is 1. The van der Waals surface area contributed by atoms with Gasteiger partial charge in [-0.2, -0.15) is 0 Å². The summed E-state index contributed by atoms with van der Waals surface area (Å²) in [7, 11) is 0. The Morgan fingerprint density at radius 2 is 1.83 bits per heavy atom. The smallest absolute Gasteiger partial charge is 0.224 e. The summed E-state index contributed by atoms with van der Waals surface area (Å²) in [6.45, 7) is 4.25. The standard InChI is InChI=1S/C25H30N2O3/c28-23(26-18-25(10-4-1-5-11-25)27-12-14-29-15-13-27)16-20-17-30-22-9-8-19-6-2-3-7-21(19)24(20)22/h2-3,6-9,17H,1,4-5,10-16,18H2,(H,26,28). The van der Waals surface area contributed by atoms with Crippen LogP contribution in [0.1, 0.15) is 37.7 Å². The molecular formula is C25H30N2O3. The summed E-state index contributed by atoms with van der Waals surface area (Å²) in [4.78, 5) is 15.5. The summed E-state index contributed by atoms with van der Waals surface area (Å²) in [6, 6.07) is 12.3. The SMILES string of the molecule is O=C(Cc1coc2ccc3ccccc3c12)NCC1(N2CCOCC2)CCCCC1. The quantitative estimate of drug-likeness (QED) is 0.687. The Kier molecular flexibility index (Phi) is 5.48. The molecule has 158 valence electrons. The molecule has 1 aliphatic heterocycles. The van der Waals surface area contributed by atoms with E-state index in [0.717, 1.165) is 67.6 Å². The normalized spacial score (nSPS) is 19.9. The van der Waals surface area contributed by atoms with Crippen LogP contribution >= 0.6 is 0 Å². The van der Waals surface area contributed by atoms with Crippen LogP contribution in [-0.4, -0.2) is 49.2 Å². The number of fused-ring (bicyclic) bond motifs is 3.